The standard InChI is InChI=1S/C11H11ClO3/c12-10-7-5-9(6-8-10)3-1-2-4-11(13)15-14/h1,3,5-8,14H,2,4H2/b3-1+. The van der Waals surface area contributed by atoms with E-state index in [0.717, 1.165) is 5.56 Å². The fraction of sp³-hybridized carbons (Fsp3) is 0.182. The minimum absolute atomic E-state index is 0.167. The Bertz CT molecular complexity index is 343. The van der Waals surface area contributed by atoms with E-state index in [-0.39, 0.29) is 6.42 Å². The smallest absolute Gasteiger partial charge is 0.301 e. The van der Waals surface area contributed by atoms with E-state index in [1.807, 2.05) is 24.3 Å². The second-order valence-corrected chi connectivity index (χ2v) is 3.39. The van der Waals surface area contributed by atoms with Gasteiger partial charge in [0.1, 0.15) is 0 Å². The zero-order valence-electron chi connectivity index (χ0n) is 8.02. The summed E-state index contributed by atoms with van der Waals surface area (Å²) in [7, 11) is 0. The average Bonchev–Trinajstić information content (AvgIpc) is 2.26. The minimum atomic E-state index is -0.629. The van der Waals surface area contributed by atoms with Crippen molar-refractivity contribution in [3.8, 4) is 0 Å². The van der Waals surface area contributed by atoms with E-state index in [9.17, 15) is 4.79 Å². The average molecular weight is 227 g/mol. The van der Waals surface area contributed by atoms with E-state index in [4.69, 9.17) is 16.9 Å². The third kappa shape index (κ3) is 4.63. The van der Waals surface area contributed by atoms with Crippen LogP contribution in [0.15, 0.2) is 30.3 Å². The van der Waals surface area contributed by atoms with E-state index in [1.165, 1.54) is 0 Å². The quantitative estimate of drug-likeness (QED) is 0.634. The van der Waals surface area contributed by atoms with Crippen LogP contribution in [0.4, 0.5) is 0 Å². The van der Waals surface area contributed by atoms with Crippen molar-refractivity contribution in [2.75, 3.05) is 0 Å². The summed E-state index contributed by atoms with van der Waals surface area (Å²) in [5.74, 6) is -0.629. The molecule has 0 fully saturated rings. The normalized spacial score (nSPS) is 10.5. The van der Waals surface area contributed by atoms with Gasteiger partial charge in [0, 0.05) is 5.02 Å². The van der Waals surface area contributed by atoms with Gasteiger partial charge in [0.05, 0.1) is 6.42 Å². The van der Waals surface area contributed by atoms with Gasteiger partial charge in [0.2, 0.25) is 0 Å². The molecule has 0 spiro atoms. The molecule has 0 aliphatic carbocycles. The van der Waals surface area contributed by atoms with Crippen molar-refractivity contribution < 1.29 is 14.9 Å². The molecular weight excluding hydrogens is 216 g/mol. The van der Waals surface area contributed by atoms with Crippen LogP contribution in [-0.2, 0) is 9.68 Å². The molecular formula is C11H11ClO3. The number of hydrogen-bond acceptors (Lipinski definition) is 3. The molecule has 0 heterocycles. The molecule has 0 saturated heterocycles. The van der Waals surface area contributed by atoms with Gasteiger partial charge in [0.15, 0.2) is 0 Å². The number of carbonyl (C=O) groups excluding carboxylic acids is 1. The second kappa shape index (κ2) is 6.22. The first-order valence-corrected chi connectivity index (χ1v) is 4.86. The van der Waals surface area contributed by atoms with E-state index >= 15 is 0 Å². The highest BCUT2D eigenvalue weighted by atomic mass is 35.5. The summed E-state index contributed by atoms with van der Waals surface area (Å²) in [6, 6.07) is 7.35. The molecule has 1 aromatic carbocycles. The van der Waals surface area contributed by atoms with Crippen LogP contribution in [0.3, 0.4) is 0 Å². The Morgan fingerprint density at radius 3 is 2.67 bits per heavy atom. The fourth-order valence-electron chi connectivity index (χ4n) is 1.04. The van der Waals surface area contributed by atoms with E-state index in [0.29, 0.717) is 11.4 Å². The third-order valence-electron chi connectivity index (χ3n) is 1.80. The summed E-state index contributed by atoms with van der Waals surface area (Å²) >= 11 is 5.72. The highest BCUT2D eigenvalue weighted by molar-refractivity contribution is 6.30. The van der Waals surface area contributed by atoms with Crippen LogP contribution in [0, 0.1) is 0 Å². The van der Waals surface area contributed by atoms with E-state index in [2.05, 4.69) is 4.89 Å². The largest absolute Gasteiger partial charge is 0.342 e. The van der Waals surface area contributed by atoms with Gasteiger partial charge in [-0.15, -0.1) is 0 Å². The van der Waals surface area contributed by atoms with Gasteiger partial charge in [-0.2, -0.15) is 5.26 Å². The summed E-state index contributed by atoms with van der Waals surface area (Å²) < 4.78 is 0. The van der Waals surface area contributed by atoms with Crippen LogP contribution in [-0.4, -0.2) is 11.2 Å². The van der Waals surface area contributed by atoms with Crippen molar-refractivity contribution in [3.05, 3.63) is 40.9 Å². The zero-order chi connectivity index (χ0) is 11.1. The molecule has 3 nitrogen and oxygen atoms in total. The number of carbonyl (C=O) groups is 1. The zero-order valence-corrected chi connectivity index (χ0v) is 8.78. The molecule has 4 heteroatoms. The van der Waals surface area contributed by atoms with Crippen LogP contribution in [0.2, 0.25) is 5.02 Å². The highest BCUT2D eigenvalue weighted by Gasteiger charge is 1.97. The molecule has 0 aliphatic heterocycles. The summed E-state index contributed by atoms with van der Waals surface area (Å²) in [4.78, 5) is 14.1. The molecule has 1 N–H and O–H groups in total. The minimum Gasteiger partial charge on any atom is -0.301 e. The Morgan fingerprint density at radius 2 is 2.07 bits per heavy atom. The van der Waals surface area contributed by atoms with Crippen LogP contribution in [0.25, 0.3) is 6.08 Å². The first-order valence-electron chi connectivity index (χ1n) is 4.48. The molecule has 1 rings (SSSR count). The Hall–Kier alpha value is -1.32. The maximum absolute atomic E-state index is 10.5. The molecule has 0 aromatic heterocycles. The van der Waals surface area contributed by atoms with Gasteiger partial charge < -0.3 is 4.89 Å². The number of allylic oxidation sites excluding steroid dienone is 1. The molecule has 15 heavy (non-hydrogen) atoms. The molecule has 80 valence electrons. The molecule has 0 amide bonds. The fourth-order valence-corrected chi connectivity index (χ4v) is 1.17. The third-order valence-corrected chi connectivity index (χ3v) is 2.05. The lowest BCUT2D eigenvalue weighted by molar-refractivity contribution is -0.234. The molecule has 0 saturated carbocycles. The summed E-state index contributed by atoms with van der Waals surface area (Å²) in [5.41, 5.74) is 1.01. The SMILES string of the molecule is O=C(CC/C=C/c1ccc(Cl)cc1)OO. The van der Waals surface area contributed by atoms with Crippen LogP contribution in [0.5, 0.6) is 0 Å². The van der Waals surface area contributed by atoms with E-state index in [1.54, 1.807) is 12.1 Å². The lowest BCUT2D eigenvalue weighted by Gasteiger charge is -1.94. The van der Waals surface area contributed by atoms with Crippen LogP contribution in [0.1, 0.15) is 18.4 Å². The summed E-state index contributed by atoms with van der Waals surface area (Å²) in [5, 5.41) is 8.68. The summed E-state index contributed by atoms with van der Waals surface area (Å²) in [6.45, 7) is 0. The monoisotopic (exact) mass is 226 g/mol. The Balaban J connectivity index is 2.38. The van der Waals surface area contributed by atoms with Gasteiger partial charge in [-0.1, -0.05) is 35.9 Å². The van der Waals surface area contributed by atoms with Gasteiger partial charge in [-0.05, 0) is 24.1 Å². The van der Waals surface area contributed by atoms with Gasteiger partial charge in [-0.25, -0.2) is 4.79 Å². The lowest BCUT2D eigenvalue weighted by atomic mass is 10.2. The van der Waals surface area contributed by atoms with Gasteiger partial charge >= 0.3 is 5.97 Å². The van der Waals surface area contributed by atoms with Crippen molar-refractivity contribution >= 4 is 23.6 Å². The molecule has 0 atom stereocenters. The van der Waals surface area contributed by atoms with Crippen molar-refractivity contribution in [3.63, 3.8) is 0 Å². The second-order valence-electron chi connectivity index (χ2n) is 2.96. The van der Waals surface area contributed by atoms with E-state index < -0.39 is 5.97 Å². The van der Waals surface area contributed by atoms with Crippen molar-refractivity contribution in [2.45, 2.75) is 12.8 Å². The van der Waals surface area contributed by atoms with Crippen molar-refractivity contribution in [1.82, 2.24) is 0 Å². The molecule has 1 aromatic rings. The van der Waals surface area contributed by atoms with Gasteiger partial charge in [-0.3, -0.25) is 0 Å². The molecule has 0 bridgehead atoms. The van der Waals surface area contributed by atoms with Crippen LogP contribution < -0.4 is 0 Å². The Labute approximate surface area is 92.9 Å². The molecule has 0 unspecified atom stereocenters. The van der Waals surface area contributed by atoms with Gasteiger partial charge in [0.25, 0.3) is 0 Å². The lowest BCUT2D eigenvalue weighted by Crippen LogP contribution is -1.98. The maximum Gasteiger partial charge on any atom is 0.342 e. The van der Waals surface area contributed by atoms with Crippen molar-refractivity contribution in [2.24, 2.45) is 0 Å². The predicted molar refractivity (Wildman–Crippen MR) is 58.4 cm³/mol. The number of rotatable bonds is 4. The maximum atomic E-state index is 10.5. The Kier molecular flexibility index (Phi) is 4.87. The first-order chi connectivity index (χ1) is 7.22. The molecule has 0 aliphatic rings. The first kappa shape index (κ1) is 11.8. The topological polar surface area (TPSA) is 46.5 Å². The van der Waals surface area contributed by atoms with Crippen LogP contribution >= 0.6 is 11.6 Å². The number of benzene rings is 1. The Morgan fingerprint density at radius 1 is 1.40 bits per heavy atom. The number of hydrogen-bond donors (Lipinski definition) is 1. The van der Waals surface area contributed by atoms with Crippen molar-refractivity contribution in [1.29, 1.82) is 0 Å². The number of halogens is 1. The predicted octanol–water partition coefficient (Wildman–Crippen LogP) is 3.15. The summed E-state index contributed by atoms with van der Waals surface area (Å²) in [6.07, 6.45) is 4.41. The molecule has 0 radical (unpaired) electrons. The highest BCUT2D eigenvalue weighted by Crippen LogP contribution is 2.11.